The van der Waals surface area contributed by atoms with Gasteiger partial charge < -0.3 is 20.9 Å². The third-order valence-corrected chi connectivity index (χ3v) is 2.96. The second kappa shape index (κ2) is 5.71. The number of carboxylic acids is 1. The normalized spacial score (nSPS) is 13.5. The van der Waals surface area contributed by atoms with Crippen molar-refractivity contribution in [2.75, 3.05) is 12.4 Å². The van der Waals surface area contributed by atoms with Crippen LogP contribution in [-0.4, -0.2) is 29.6 Å². The fourth-order valence-corrected chi connectivity index (χ4v) is 1.36. The molecule has 0 heterocycles. The zero-order valence-corrected chi connectivity index (χ0v) is 11.2. The number of nitrogens with one attached hydrogen (secondary N) is 1. The molecule has 1 unspecified atom stereocenters. The van der Waals surface area contributed by atoms with Gasteiger partial charge in [-0.25, -0.2) is 4.79 Å². The monoisotopic (exact) mass is 266 g/mol. The van der Waals surface area contributed by atoms with E-state index < -0.39 is 17.4 Å². The minimum atomic E-state index is -1.15. The van der Waals surface area contributed by atoms with Crippen LogP contribution in [-0.2, 0) is 4.79 Å². The smallest absolute Gasteiger partial charge is 0.337 e. The number of rotatable bonds is 5. The Kier molecular flexibility index (Phi) is 4.50. The van der Waals surface area contributed by atoms with E-state index in [-0.39, 0.29) is 11.3 Å². The Labute approximate surface area is 111 Å². The van der Waals surface area contributed by atoms with E-state index in [1.54, 1.807) is 19.9 Å². The lowest BCUT2D eigenvalue weighted by atomic mass is 9.99. The molecule has 0 spiro atoms. The Morgan fingerprint density at radius 3 is 2.58 bits per heavy atom. The highest BCUT2D eigenvalue weighted by molar-refractivity contribution is 6.03. The third-order valence-electron chi connectivity index (χ3n) is 2.96. The van der Waals surface area contributed by atoms with Crippen molar-refractivity contribution in [2.24, 2.45) is 5.73 Å². The molecule has 1 rings (SSSR count). The summed E-state index contributed by atoms with van der Waals surface area (Å²) >= 11 is 0. The number of carboxylic acid groups (broad SMARTS) is 1. The standard InChI is InChI=1S/C13H18N2O4/c1-4-13(2,14)12(18)15-10-6-5-8(19-3)7-9(10)11(16)17/h5-7H,4,14H2,1-3H3,(H,15,18)(H,16,17). The number of carbonyl (C=O) groups excluding carboxylic acids is 1. The van der Waals surface area contributed by atoms with E-state index in [0.717, 1.165) is 0 Å². The number of benzene rings is 1. The summed E-state index contributed by atoms with van der Waals surface area (Å²) in [5, 5.41) is 11.7. The topological polar surface area (TPSA) is 102 Å². The molecule has 0 saturated carbocycles. The van der Waals surface area contributed by atoms with Crippen molar-refractivity contribution < 1.29 is 19.4 Å². The molecule has 19 heavy (non-hydrogen) atoms. The van der Waals surface area contributed by atoms with Crippen molar-refractivity contribution in [3.05, 3.63) is 23.8 Å². The van der Waals surface area contributed by atoms with Crippen molar-refractivity contribution in [3.8, 4) is 5.75 Å². The molecule has 6 nitrogen and oxygen atoms in total. The van der Waals surface area contributed by atoms with Crippen LogP contribution in [0.5, 0.6) is 5.75 Å². The summed E-state index contributed by atoms with van der Waals surface area (Å²) in [6.45, 7) is 3.37. The summed E-state index contributed by atoms with van der Waals surface area (Å²) < 4.78 is 4.95. The van der Waals surface area contributed by atoms with Crippen LogP contribution < -0.4 is 15.8 Å². The molecule has 1 aromatic carbocycles. The Morgan fingerprint density at radius 1 is 1.47 bits per heavy atom. The number of amides is 1. The lowest BCUT2D eigenvalue weighted by Crippen LogP contribution is -2.48. The van der Waals surface area contributed by atoms with E-state index in [2.05, 4.69) is 5.32 Å². The zero-order valence-electron chi connectivity index (χ0n) is 11.2. The van der Waals surface area contributed by atoms with Gasteiger partial charge in [-0.3, -0.25) is 4.79 Å². The van der Waals surface area contributed by atoms with Gasteiger partial charge in [-0.15, -0.1) is 0 Å². The highest BCUT2D eigenvalue weighted by atomic mass is 16.5. The van der Waals surface area contributed by atoms with Crippen LogP contribution in [0.1, 0.15) is 30.6 Å². The van der Waals surface area contributed by atoms with E-state index in [1.807, 2.05) is 0 Å². The first-order valence-electron chi connectivity index (χ1n) is 5.83. The second-order valence-electron chi connectivity index (χ2n) is 4.44. The molecule has 1 atom stereocenters. The van der Waals surface area contributed by atoms with Crippen molar-refractivity contribution in [3.63, 3.8) is 0 Å². The van der Waals surface area contributed by atoms with Gasteiger partial charge in [-0.05, 0) is 31.5 Å². The van der Waals surface area contributed by atoms with Crippen LogP contribution in [0.15, 0.2) is 18.2 Å². The fraction of sp³-hybridized carbons (Fsp3) is 0.385. The summed E-state index contributed by atoms with van der Waals surface area (Å²) in [5.74, 6) is -1.17. The van der Waals surface area contributed by atoms with E-state index in [1.165, 1.54) is 19.2 Å². The lowest BCUT2D eigenvalue weighted by molar-refractivity contribution is -0.120. The fourth-order valence-electron chi connectivity index (χ4n) is 1.36. The van der Waals surface area contributed by atoms with Crippen LogP contribution in [0.4, 0.5) is 5.69 Å². The van der Waals surface area contributed by atoms with Gasteiger partial charge in [0.15, 0.2) is 0 Å². The molecule has 0 aliphatic carbocycles. The largest absolute Gasteiger partial charge is 0.497 e. The summed E-state index contributed by atoms with van der Waals surface area (Å²) in [4.78, 5) is 23.1. The molecule has 0 aliphatic rings. The molecule has 0 bridgehead atoms. The SMILES string of the molecule is CCC(C)(N)C(=O)Nc1ccc(OC)cc1C(=O)O. The van der Waals surface area contributed by atoms with Crippen molar-refractivity contribution in [2.45, 2.75) is 25.8 Å². The molecule has 0 radical (unpaired) electrons. The number of ether oxygens (including phenoxy) is 1. The van der Waals surface area contributed by atoms with Crippen molar-refractivity contribution >= 4 is 17.6 Å². The highest BCUT2D eigenvalue weighted by Gasteiger charge is 2.27. The third kappa shape index (κ3) is 3.45. The second-order valence-corrected chi connectivity index (χ2v) is 4.44. The summed E-state index contributed by atoms with van der Waals surface area (Å²) in [5.41, 5.74) is 4.92. The summed E-state index contributed by atoms with van der Waals surface area (Å²) in [7, 11) is 1.44. The Balaban J connectivity index is 3.08. The zero-order chi connectivity index (χ0) is 14.6. The quantitative estimate of drug-likeness (QED) is 0.748. The number of aromatic carboxylic acids is 1. The molecular formula is C13H18N2O4. The predicted molar refractivity (Wildman–Crippen MR) is 71.5 cm³/mol. The molecule has 0 aliphatic heterocycles. The summed E-state index contributed by atoms with van der Waals surface area (Å²) in [6, 6.07) is 4.39. The molecule has 0 fully saturated rings. The van der Waals surface area contributed by atoms with Gasteiger partial charge in [0.05, 0.1) is 23.9 Å². The van der Waals surface area contributed by atoms with Gasteiger partial charge in [0.2, 0.25) is 5.91 Å². The van der Waals surface area contributed by atoms with Crippen LogP contribution in [0, 0.1) is 0 Å². The van der Waals surface area contributed by atoms with Gasteiger partial charge in [0.25, 0.3) is 0 Å². The van der Waals surface area contributed by atoms with Crippen molar-refractivity contribution in [1.29, 1.82) is 0 Å². The summed E-state index contributed by atoms with van der Waals surface area (Å²) in [6.07, 6.45) is 0.442. The minimum Gasteiger partial charge on any atom is -0.497 e. The Hall–Kier alpha value is -2.08. The first-order valence-corrected chi connectivity index (χ1v) is 5.83. The van der Waals surface area contributed by atoms with E-state index in [4.69, 9.17) is 15.6 Å². The number of nitrogens with two attached hydrogens (primary N) is 1. The molecule has 1 aromatic rings. The van der Waals surface area contributed by atoms with E-state index >= 15 is 0 Å². The Bertz CT molecular complexity index is 497. The number of hydrogen-bond donors (Lipinski definition) is 3. The maximum atomic E-state index is 11.9. The average molecular weight is 266 g/mol. The number of carbonyl (C=O) groups is 2. The molecule has 104 valence electrons. The van der Waals surface area contributed by atoms with Gasteiger partial charge in [0.1, 0.15) is 5.75 Å². The average Bonchev–Trinajstić information content (AvgIpc) is 2.38. The Morgan fingerprint density at radius 2 is 2.11 bits per heavy atom. The van der Waals surface area contributed by atoms with Crippen LogP contribution in [0.2, 0.25) is 0 Å². The van der Waals surface area contributed by atoms with Gasteiger partial charge in [-0.2, -0.15) is 0 Å². The van der Waals surface area contributed by atoms with Crippen LogP contribution in [0.25, 0.3) is 0 Å². The number of anilines is 1. The maximum absolute atomic E-state index is 11.9. The van der Waals surface area contributed by atoms with Crippen LogP contribution >= 0.6 is 0 Å². The molecular weight excluding hydrogens is 248 g/mol. The first-order chi connectivity index (χ1) is 8.81. The maximum Gasteiger partial charge on any atom is 0.337 e. The minimum absolute atomic E-state index is 0.0420. The molecule has 6 heteroatoms. The van der Waals surface area contributed by atoms with Gasteiger partial charge in [-0.1, -0.05) is 6.92 Å². The lowest BCUT2D eigenvalue weighted by Gasteiger charge is -2.22. The van der Waals surface area contributed by atoms with Gasteiger partial charge >= 0.3 is 5.97 Å². The first kappa shape index (κ1) is 15.0. The molecule has 0 aromatic heterocycles. The number of hydrogen-bond acceptors (Lipinski definition) is 4. The van der Waals surface area contributed by atoms with E-state index in [0.29, 0.717) is 12.2 Å². The molecule has 1 amide bonds. The van der Waals surface area contributed by atoms with Crippen molar-refractivity contribution in [1.82, 2.24) is 0 Å². The molecule has 4 N–H and O–H groups in total. The molecule has 0 saturated heterocycles. The highest BCUT2D eigenvalue weighted by Crippen LogP contribution is 2.23. The van der Waals surface area contributed by atoms with Gasteiger partial charge in [0, 0.05) is 0 Å². The van der Waals surface area contributed by atoms with Crippen LogP contribution in [0.3, 0.4) is 0 Å². The predicted octanol–water partition coefficient (Wildman–Crippen LogP) is 1.46. The number of methoxy groups -OCH3 is 1. The van der Waals surface area contributed by atoms with E-state index in [9.17, 15) is 9.59 Å².